The Morgan fingerprint density at radius 1 is 0.692 bits per heavy atom. The third kappa shape index (κ3) is 4.14. The molecule has 1 aromatic carbocycles. The lowest BCUT2D eigenvalue weighted by Crippen LogP contribution is -2.49. The van der Waals surface area contributed by atoms with Gasteiger partial charge >= 0.3 is 0 Å². The first-order valence-electron chi connectivity index (χ1n) is 8.81. The van der Waals surface area contributed by atoms with Crippen LogP contribution in [0.4, 0.5) is 0 Å². The molecule has 2 aliphatic heterocycles. The number of carbonyl (C=O) groups is 2. The van der Waals surface area contributed by atoms with Crippen molar-refractivity contribution in [3.05, 3.63) is 33.3 Å². The van der Waals surface area contributed by atoms with Gasteiger partial charge in [-0.2, -0.15) is 0 Å². The second kappa shape index (κ2) is 8.13. The molecule has 0 radical (unpaired) electrons. The van der Waals surface area contributed by atoms with Crippen molar-refractivity contribution < 1.29 is 9.59 Å². The fourth-order valence-electron chi connectivity index (χ4n) is 3.26. The number of hydrogen-bond donors (Lipinski definition) is 0. The van der Waals surface area contributed by atoms with Crippen LogP contribution in [0.25, 0.3) is 0 Å². The van der Waals surface area contributed by atoms with Crippen LogP contribution in [0.5, 0.6) is 0 Å². The van der Waals surface area contributed by atoms with Crippen molar-refractivity contribution in [1.82, 2.24) is 19.6 Å². The van der Waals surface area contributed by atoms with Crippen molar-refractivity contribution in [1.29, 1.82) is 0 Å². The van der Waals surface area contributed by atoms with Gasteiger partial charge in [-0.25, -0.2) is 0 Å². The van der Waals surface area contributed by atoms with Gasteiger partial charge in [0, 0.05) is 52.4 Å². The van der Waals surface area contributed by atoms with Crippen LogP contribution in [0.15, 0.2) is 12.1 Å². The van der Waals surface area contributed by atoms with Crippen LogP contribution in [-0.4, -0.2) is 97.9 Å². The Hall–Kier alpha value is -1.34. The zero-order chi connectivity index (χ0) is 18.8. The molecule has 0 aromatic heterocycles. The molecule has 6 nitrogen and oxygen atoms in total. The largest absolute Gasteiger partial charge is 0.336 e. The molecule has 2 fully saturated rings. The van der Waals surface area contributed by atoms with Crippen LogP contribution in [0, 0.1) is 0 Å². The Morgan fingerprint density at radius 2 is 1.00 bits per heavy atom. The van der Waals surface area contributed by atoms with Crippen molar-refractivity contribution in [2.24, 2.45) is 0 Å². The molecule has 8 heteroatoms. The van der Waals surface area contributed by atoms with E-state index in [4.69, 9.17) is 23.2 Å². The van der Waals surface area contributed by atoms with Crippen molar-refractivity contribution in [3.8, 4) is 0 Å². The Labute approximate surface area is 164 Å². The Balaban J connectivity index is 1.88. The summed E-state index contributed by atoms with van der Waals surface area (Å²) in [5.41, 5.74) is 0.681. The highest BCUT2D eigenvalue weighted by Gasteiger charge is 2.29. The summed E-state index contributed by atoms with van der Waals surface area (Å²) in [6.07, 6.45) is 0. The van der Waals surface area contributed by atoms with Gasteiger partial charge in [-0.15, -0.1) is 0 Å². The molecule has 2 aliphatic rings. The van der Waals surface area contributed by atoms with Crippen molar-refractivity contribution in [2.75, 3.05) is 66.5 Å². The van der Waals surface area contributed by atoms with E-state index in [-0.39, 0.29) is 11.8 Å². The molecule has 0 N–H and O–H groups in total. The highest BCUT2D eigenvalue weighted by atomic mass is 35.5. The minimum Gasteiger partial charge on any atom is -0.336 e. The molecule has 26 heavy (non-hydrogen) atoms. The highest BCUT2D eigenvalue weighted by Crippen LogP contribution is 2.28. The predicted octanol–water partition coefficient (Wildman–Crippen LogP) is 1.77. The highest BCUT2D eigenvalue weighted by molar-refractivity contribution is 6.42. The van der Waals surface area contributed by atoms with E-state index in [0.29, 0.717) is 47.4 Å². The summed E-state index contributed by atoms with van der Waals surface area (Å²) in [4.78, 5) is 34.0. The molecule has 3 rings (SSSR count). The van der Waals surface area contributed by atoms with E-state index in [0.717, 1.165) is 26.2 Å². The summed E-state index contributed by atoms with van der Waals surface area (Å²) in [6, 6.07) is 3.07. The van der Waals surface area contributed by atoms with Gasteiger partial charge in [-0.1, -0.05) is 23.2 Å². The first kappa shape index (κ1) is 19.4. The Morgan fingerprint density at radius 3 is 1.31 bits per heavy atom. The van der Waals surface area contributed by atoms with Crippen molar-refractivity contribution in [3.63, 3.8) is 0 Å². The van der Waals surface area contributed by atoms with Crippen LogP contribution in [-0.2, 0) is 0 Å². The monoisotopic (exact) mass is 398 g/mol. The van der Waals surface area contributed by atoms with Crippen molar-refractivity contribution in [2.45, 2.75) is 0 Å². The molecule has 0 atom stereocenters. The Bertz CT molecular complexity index is 638. The number of nitrogens with zero attached hydrogens (tertiary/aromatic N) is 4. The molecular formula is C18H24Cl2N4O2. The Kier molecular flexibility index (Phi) is 6.07. The van der Waals surface area contributed by atoms with Gasteiger partial charge in [-0.3, -0.25) is 9.59 Å². The van der Waals surface area contributed by atoms with Gasteiger partial charge in [0.25, 0.3) is 11.8 Å². The normalized spacial score (nSPS) is 19.7. The molecule has 2 heterocycles. The van der Waals surface area contributed by atoms with Gasteiger partial charge in [-0.05, 0) is 26.2 Å². The number of piperazine rings is 2. The number of likely N-dealkylation sites (N-methyl/N-ethyl adjacent to an activating group) is 2. The molecule has 2 amide bonds. The van der Waals surface area contributed by atoms with E-state index in [1.165, 1.54) is 12.1 Å². The lowest BCUT2D eigenvalue weighted by molar-refractivity contribution is 0.0625. The number of rotatable bonds is 2. The molecule has 2 saturated heterocycles. The number of carbonyl (C=O) groups excluding carboxylic acids is 2. The predicted molar refractivity (Wildman–Crippen MR) is 103 cm³/mol. The fraction of sp³-hybridized carbons (Fsp3) is 0.556. The smallest absolute Gasteiger partial charge is 0.254 e. The van der Waals surface area contributed by atoms with Crippen molar-refractivity contribution >= 4 is 35.0 Å². The minimum absolute atomic E-state index is 0.158. The quantitative estimate of drug-likeness (QED) is 0.761. The number of hydrogen-bond acceptors (Lipinski definition) is 4. The maximum Gasteiger partial charge on any atom is 0.254 e. The van der Waals surface area contributed by atoms with Crippen LogP contribution in [0.2, 0.25) is 10.0 Å². The van der Waals surface area contributed by atoms with E-state index < -0.39 is 0 Å². The van der Waals surface area contributed by atoms with Gasteiger partial charge in [0.05, 0.1) is 21.2 Å². The summed E-state index contributed by atoms with van der Waals surface area (Å²) >= 11 is 12.3. The van der Waals surface area contributed by atoms with E-state index >= 15 is 0 Å². The van der Waals surface area contributed by atoms with E-state index in [2.05, 4.69) is 9.80 Å². The topological polar surface area (TPSA) is 47.1 Å². The summed E-state index contributed by atoms with van der Waals surface area (Å²) in [5.74, 6) is -0.316. The van der Waals surface area contributed by atoms with Gasteiger partial charge in [0.2, 0.25) is 0 Å². The second-order valence-electron chi connectivity index (χ2n) is 7.00. The molecule has 142 valence electrons. The molecule has 0 unspecified atom stereocenters. The average molecular weight is 399 g/mol. The lowest BCUT2D eigenvalue weighted by Gasteiger charge is -2.34. The van der Waals surface area contributed by atoms with Crippen LogP contribution in [0.1, 0.15) is 20.7 Å². The zero-order valence-electron chi connectivity index (χ0n) is 15.2. The second-order valence-corrected chi connectivity index (χ2v) is 7.82. The van der Waals surface area contributed by atoms with E-state index in [1.54, 1.807) is 9.80 Å². The van der Waals surface area contributed by atoms with Gasteiger partial charge < -0.3 is 19.6 Å². The van der Waals surface area contributed by atoms with Gasteiger partial charge in [0.15, 0.2) is 0 Å². The fourth-order valence-corrected chi connectivity index (χ4v) is 3.59. The SMILES string of the molecule is CN1CCN(C(=O)c2cc(Cl)c(Cl)cc2C(=O)N2CCN(C)CC2)CC1. The molecule has 0 spiro atoms. The van der Waals surface area contributed by atoms with Crippen LogP contribution >= 0.6 is 23.2 Å². The summed E-state index contributed by atoms with van der Waals surface area (Å²) < 4.78 is 0. The summed E-state index contributed by atoms with van der Waals surface area (Å²) in [6.45, 7) is 5.80. The lowest BCUT2D eigenvalue weighted by atomic mass is 10.0. The van der Waals surface area contributed by atoms with Gasteiger partial charge in [0.1, 0.15) is 0 Å². The number of amides is 2. The maximum atomic E-state index is 13.1. The molecular weight excluding hydrogens is 375 g/mol. The van der Waals surface area contributed by atoms with Crippen LogP contribution < -0.4 is 0 Å². The number of halogens is 2. The average Bonchev–Trinajstić information content (AvgIpc) is 2.63. The minimum atomic E-state index is -0.158. The number of benzene rings is 1. The van der Waals surface area contributed by atoms with E-state index in [9.17, 15) is 9.59 Å². The first-order valence-corrected chi connectivity index (χ1v) is 9.57. The molecule has 1 aromatic rings. The third-order valence-corrected chi connectivity index (χ3v) is 5.82. The molecule has 0 bridgehead atoms. The molecule has 0 aliphatic carbocycles. The maximum absolute atomic E-state index is 13.1. The molecule has 0 saturated carbocycles. The summed E-state index contributed by atoms with van der Waals surface area (Å²) in [7, 11) is 4.06. The van der Waals surface area contributed by atoms with E-state index in [1.807, 2.05) is 14.1 Å². The van der Waals surface area contributed by atoms with Crippen LogP contribution in [0.3, 0.4) is 0 Å². The third-order valence-electron chi connectivity index (χ3n) is 5.10. The summed E-state index contributed by atoms with van der Waals surface area (Å²) in [5, 5.41) is 0.582. The standard InChI is InChI=1S/C18H24Cl2N4O2/c1-21-3-7-23(8-4-21)17(25)13-11-15(19)16(20)12-14(13)18(26)24-9-5-22(2)6-10-24/h11-12H,3-10H2,1-2H3. The zero-order valence-corrected chi connectivity index (χ0v) is 16.7. The first-order chi connectivity index (χ1) is 12.4.